The molecule has 0 radical (unpaired) electrons. The minimum atomic E-state index is -3.05. The highest BCUT2D eigenvalue weighted by molar-refractivity contribution is 5.97. The van der Waals surface area contributed by atoms with Gasteiger partial charge in [0.25, 0.3) is 5.91 Å². The third-order valence-electron chi connectivity index (χ3n) is 3.46. The summed E-state index contributed by atoms with van der Waals surface area (Å²) in [5.74, 6) is -2.22. The number of benzene rings is 2. The number of ether oxygens (including phenoxy) is 3. The fraction of sp³-hybridized carbons (Fsp3) is 0.263. The number of carbonyl (C=O) groups is 2. The number of anilines is 1. The van der Waals surface area contributed by atoms with Crippen LogP contribution in [0, 0.1) is 5.82 Å². The number of alkyl halides is 2. The smallest absolute Gasteiger partial charge is 0.387 e. The molecular weight excluding hydrogens is 379 g/mol. The van der Waals surface area contributed by atoms with Gasteiger partial charge in [0.15, 0.2) is 17.6 Å². The van der Waals surface area contributed by atoms with Gasteiger partial charge in [0, 0.05) is 5.69 Å². The lowest BCUT2D eigenvalue weighted by Gasteiger charge is -2.15. The van der Waals surface area contributed by atoms with Crippen LogP contribution in [0.3, 0.4) is 0 Å². The number of hydrogen-bond donors (Lipinski definition) is 1. The van der Waals surface area contributed by atoms with Crippen LogP contribution in [-0.2, 0) is 9.53 Å². The predicted molar refractivity (Wildman–Crippen MR) is 94.2 cm³/mol. The van der Waals surface area contributed by atoms with Crippen molar-refractivity contribution < 1.29 is 37.0 Å². The van der Waals surface area contributed by atoms with Crippen LogP contribution in [0.1, 0.15) is 24.2 Å². The molecule has 28 heavy (non-hydrogen) atoms. The third-order valence-corrected chi connectivity index (χ3v) is 3.46. The molecule has 2 aromatic carbocycles. The molecule has 0 aliphatic heterocycles. The van der Waals surface area contributed by atoms with Crippen LogP contribution in [0.2, 0.25) is 0 Å². The van der Waals surface area contributed by atoms with Crippen LogP contribution in [0.15, 0.2) is 42.5 Å². The Kier molecular flexibility index (Phi) is 7.25. The lowest BCUT2D eigenvalue weighted by molar-refractivity contribution is -0.123. The molecule has 1 atom stereocenters. The van der Waals surface area contributed by atoms with E-state index >= 15 is 0 Å². The molecule has 0 heterocycles. The Balaban J connectivity index is 2.05. The molecule has 1 amide bonds. The first-order valence-electron chi connectivity index (χ1n) is 8.29. The second-order valence-electron chi connectivity index (χ2n) is 5.52. The molecule has 0 aromatic heterocycles. The van der Waals surface area contributed by atoms with E-state index in [1.807, 2.05) is 0 Å². The predicted octanol–water partition coefficient (Wildman–Crippen LogP) is 4.01. The van der Waals surface area contributed by atoms with Gasteiger partial charge in [0.1, 0.15) is 5.82 Å². The van der Waals surface area contributed by atoms with Gasteiger partial charge in [-0.05, 0) is 56.3 Å². The maximum atomic E-state index is 12.9. The first kappa shape index (κ1) is 21.1. The standard InChI is InChI=1S/C19H18F3NO5/c1-3-26-16-10-12(4-9-15(16)28-19(21)22)18(25)27-11(2)17(24)23-14-7-5-13(20)6-8-14/h4-11,19H,3H2,1-2H3,(H,23,24)/t11-/m0/s1. The molecule has 0 saturated heterocycles. The van der Waals surface area contributed by atoms with E-state index in [9.17, 15) is 22.8 Å². The Morgan fingerprint density at radius 3 is 2.36 bits per heavy atom. The Morgan fingerprint density at radius 1 is 1.07 bits per heavy atom. The molecule has 0 fully saturated rings. The summed E-state index contributed by atoms with van der Waals surface area (Å²) < 4.78 is 52.3. The molecule has 2 aromatic rings. The third kappa shape index (κ3) is 5.90. The molecule has 1 N–H and O–H groups in total. The van der Waals surface area contributed by atoms with E-state index in [0.717, 1.165) is 6.07 Å². The monoisotopic (exact) mass is 397 g/mol. The molecule has 2 rings (SSSR count). The zero-order valence-electron chi connectivity index (χ0n) is 15.1. The first-order chi connectivity index (χ1) is 13.3. The lowest BCUT2D eigenvalue weighted by atomic mass is 10.2. The zero-order valence-corrected chi connectivity index (χ0v) is 15.1. The molecule has 0 saturated carbocycles. The number of halogens is 3. The Labute approximate surface area is 159 Å². The molecule has 0 aliphatic carbocycles. The average molecular weight is 397 g/mol. The van der Waals surface area contributed by atoms with Gasteiger partial charge in [-0.1, -0.05) is 0 Å². The zero-order chi connectivity index (χ0) is 20.7. The number of rotatable bonds is 8. The van der Waals surface area contributed by atoms with Gasteiger partial charge in [-0.15, -0.1) is 0 Å². The van der Waals surface area contributed by atoms with Gasteiger partial charge >= 0.3 is 12.6 Å². The normalized spacial score (nSPS) is 11.6. The maximum Gasteiger partial charge on any atom is 0.387 e. The van der Waals surface area contributed by atoms with Crippen molar-refractivity contribution in [3.8, 4) is 11.5 Å². The SMILES string of the molecule is CCOc1cc(C(=O)O[C@@H](C)C(=O)Nc2ccc(F)cc2)ccc1OC(F)F. The number of amides is 1. The number of esters is 1. The van der Waals surface area contributed by atoms with E-state index in [4.69, 9.17) is 9.47 Å². The minimum absolute atomic E-state index is 0.00787. The van der Waals surface area contributed by atoms with Gasteiger partial charge in [-0.3, -0.25) is 4.79 Å². The number of nitrogens with one attached hydrogen (secondary N) is 1. The van der Waals surface area contributed by atoms with Crippen LogP contribution in [-0.4, -0.2) is 31.2 Å². The van der Waals surface area contributed by atoms with Crippen LogP contribution in [0.5, 0.6) is 11.5 Å². The largest absolute Gasteiger partial charge is 0.490 e. The summed E-state index contributed by atoms with van der Waals surface area (Å²) in [7, 11) is 0. The van der Waals surface area contributed by atoms with E-state index in [1.54, 1.807) is 6.92 Å². The summed E-state index contributed by atoms with van der Waals surface area (Å²) >= 11 is 0. The highest BCUT2D eigenvalue weighted by Crippen LogP contribution is 2.30. The summed E-state index contributed by atoms with van der Waals surface area (Å²) in [6.45, 7) is 0.106. The summed E-state index contributed by atoms with van der Waals surface area (Å²) in [6.07, 6.45) is -1.16. The van der Waals surface area contributed by atoms with E-state index in [0.29, 0.717) is 5.69 Å². The summed E-state index contributed by atoms with van der Waals surface area (Å²) in [6, 6.07) is 8.61. The van der Waals surface area contributed by atoms with Crippen molar-refractivity contribution in [3.63, 3.8) is 0 Å². The van der Waals surface area contributed by atoms with E-state index in [-0.39, 0.29) is 23.7 Å². The van der Waals surface area contributed by atoms with Gasteiger partial charge < -0.3 is 19.5 Å². The van der Waals surface area contributed by atoms with Crippen molar-refractivity contribution in [1.29, 1.82) is 0 Å². The minimum Gasteiger partial charge on any atom is -0.490 e. The Morgan fingerprint density at radius 2 is 1.75 bits per heavy atom. The molecular formula is C19H18F3NO5. The van der Waals surface area contributed by atoms with Crippen molar-refractivity contribution >= 4 is 17.6 Å². The van der Waals surface area contributed by atoms with Crippen LogP contribution in [0.4, 0.5) is 18.9 Å². The maximum absolute atomic E-state index is 12.9. The second-order valence-corrected chi connectivity index (χ2v) is 5.52. The summed E-state index contributed by atoms with van der Waals surface area (Å²) in [5, 5.41) is 2.48. The van der Waals surface area contributed by atoms with Crippen molar-refractivity contribution in [2.24, 2.45) is 0 Å². The Bertz CT molecular complexity index is 827. The topological polar surface area (TPSA) is 73.9 Å². The molecule has 6 nitrogen and oxygen atoms in total. The van der Waals surface area contributed by atoms with E-state index in [1.165, 1.54) is 43.3 Å². The fourth-order valence-corrected chi connectivity index (χ4v) is 2.16. The van der Waals surface area contributed by atoms with E-state index < -0.39 is 30.4 Å². The van der Waals surface area contributed by atoms with Crippen molar-refractivity contribution in [3.05, 3.63) is 53.8 Å². The molecule has 150 valence electrons. The van der Waals surface area contributed by atoms with Gasteiger partial charge in [-0.2, -0.15) is 8.78 Å². The summed E-state index contributed by atoms with van der Waals surface area (Å²) in [4.78, 5) is 24.3. The fourth-order valence-electron chi connectivity index (χ4n) is 2.16. The van der Waals surface area contributed by atoms with Crippen LogP contribution in [0.25, 0.3) is 0 Å². The van der Waals surface area contributed by atoms with Gasteiger partial charge in [0.05, 0.1) is 12.2 Å². The average Bonchev–Trinajstić information content (AvgIpc) is 2.64. The van der Waals surface area contributed by atoms with E-state index in [2.05, 4.69) is 10.1 Å². The van der Waals surface area contributed by atoms with Crippen molar-refractivity contribution in [2.45, 2.75) is 26.6 Å². The number of carbonyl (C=O) groups excluding carboxylic acids is 2. The second kappa shape index (κ2) is 9.63. The summed E-state index contributed by atoms with van der Waals surface area (Å²) in [5.41, 5.74) is 0.327. The quantitative estimate of drug-likeness (QED) is 0.682. The van der Waals surface area contributed by atoms with Crippen molar-refractivity contribution in [1.82, 2.24) is 0 Å². The first-order valence-corrected chi connectivity index (χ1v) is 8.29. The van der Waals surface area contributed by atoms with Crippen molar-refractivity contribution in [2.75, 3.05) is 11.9 Å². The molecule has 9 heteroatoms. The van der Waals surface area contributed by atoms with Crippen LogP contribution >= 0.6 is 0 Å². The lowest BCUT2D eigenvalue weighted by Crippen LogP contribution is -2.30. The molecule has 0 aliphatic rings. The highest BCUT2D eigenvalue weighted by Gasteiger charge is 2.21. The Hall–Kier alpha value is -3.23. The van der Waals surface area contributed by atoms with Gasteiger partial charge in [-0.25, -0.2) is 9.18 Å². The molecule has 0 unspecified atom stereocenters. The molecule has 0 spiro atoms. The molecule has 0 bridgehead atoms. The highest BCUT2D eigenvalue weighted by atomic mass is 19.3. The van der Waals surface area contributed by atoms with Crippen LogP contribution < -0.4 is 14.8 Å². The number of hydrogen-bond acceptors (Lipinski definition) is 5. The van der Waals surface area contributed by atoms with Gasteiger partial charge in [0.2, 0.25) is 0 Å².